The van der Waals surface area contributed by atoms with E-state index in [9.17, 15) is 9.59 Å². The van der Waals surface area contributed by atoms with Crippen molar-refractivity contribution in [3.63, 3.8) is 0 Å². The van der Waals surface area contributed by atoms with Gasteiger partial charge in [-0.1, -0.05) is 0 Å². The molecule has 124 valence electrons. The zero-order valence-corrected chi connectivity index (χ0v) is 14.0. The zero-order chi connectivity index (χ0) is 16.6. The molecular weight excluding hydrogens is 370 g/mol. The second-order valence-corrected chi connectivity index (χ2v) is 6.32. The summed E-state index contributed by atoms with van der Waals surface area (Å²) in [5.41, 5.74) is 0.416. The summed E-state index contributed by atoms with van der Waals surface area (Å²) in [5.74, 6) is -0.251. The molecule has 7 nitrogen and oxygen atoms in total. The van der Waals surface area contributed by atoms with Gasteiger partial charge in [0.05, 0.1) is 17.1 Å². The lowest BCUT2D eigenvalue weighted by atomic mass is 10.1. The fraction of sp³-hybridized carbons (Fsp3) is 0.467. The topological polar surface area (TPSA) is 85.3 Å². The van der Waals surface area contributed by atoms with Gasteiger partial charge in [-0.05, 0) is 35.0 Å². The molecule has 2 heterocycles. The van der Waals surface area contributed by atoms with Crippen molar-refractivity contribution < 1.29 is 28.9 Å². The van der Waals surface area contributed by atoms with Gasteiger partial charge in [-0.3, -0.25) is 4.79 Å². The van der Waals surface area contributed by atoms with Crippen LogP contribution in [-0.4, -0.2) is 60.4 Å². The first-order valence-corrected chi connectivity index (χ1v) is 8.01. The van der Waals surface area contributed by atoms with Crippen LogP contribution < -0.4 is 9.47 Å². The van der Waals surface area contributed by atoms with Crippen LogP contribution in [0.2, 0.25) is 0 Å². The average molecular weight is 386 g/mol. The van der Waals surface area contributed by atoms with Crippen LogP contribution in [0.5, 0.6) is 11.5 Å². The molecule has 0 aliphatic carbocycles. The van der Waals surface area contributed by atoms with E-state index in [1.807, 2.05) is 0 Å². The first kappa shape index (κ1) is 16.1. The highest BCUT2D eigenvalue weighted by Gasteiger charge is 2.33. The smallest absolute Gasteiger partial charge is 0.334 e. The number of nitrogens with zero attached hydrogens (tertiary/aromatic N) is 1. The SMILES string of the molecule is C[C@@H]1CN(C(=O)c2cc(Br)c3c(c2)OCCO3)CC(C(=O)O)O1. The first-order valence-electron chi connectivity index (χ1n) is 7.22. The summed E-state index contributed by atoms with van der Waals surface area (Å²) in [5, 5.41) is 9.12. The Morgan fingerprint density at radius 2 is 2.00 bits per heavy atom. The van der Waals surface area contributed by atoms with Crippen LogP contribution in [0.15, 0.2) is 16.6 Å². The van der Waals surface area contributed by atoms with Gasteiger partial charge in [0, 0.05) is 12.1 Å². The number of rotatable bonds is 2. The highest BCUT2D eigenvalue weighted by Crippen LogP contribution is 2.38. The number of halogens is 1. The van der Waals surface area contributed by atoms with E-state index in [-0.39, 0.29) is 18.6 Å². The largest absolute Gasteiger partial charge is 0.486 e. The Balaban J connectivity index is 1.85. The number of carbonyl (C=O) groups is 2. The molecule has 1 N–H and O–H groups in total. The predicted molar refractivity (Wildman–Crippen MR) is 83.0 cm³/mol. The number of carbonyl (C=O) groups excluding carboxylic acids is 1. The quantitative estimate of drug-likeness (QED) is 0.830. The molecule has 0 saturated carbocycles. The van der Waals surface area contributed by atoms with Crippen molar-refractivity contribution in [3.8, 4) is 11.5 Å². The third-order valence-corrected chi connectivity index (χ3v) is 4.26. The lowest BCUT2D eigenvalue weighted by Crippen LogP contribution is -2.51. The first-order chi connectivity index (χ1) is 11.0. The van der Waals surface area contributed by atoms with Crippen molar-refractivity contribution in [2.75, 3.05) is 26.3 Å². The molecule has 2 aliphatic heterocycles. The second-order valence-electron chi connectivity index (χ2n) is 5.47. The van der Waals surface area contributed by atoms with Crippen molar-refractivity contribution in [1.29, 1.82) is 0 Å². The van der Waals surface area contributed by atoms with Crippen LogP contribution in [0.1, 0.15) is 17.3 Å². The van der Waals surface area contributed by atoms with Crippen LogP contribution in [0.4, 0.5) is 0 Å². The maximum absolute atomic E-state index is 12.7. The molecule has 1 saturated heterocycles. The summed E-state index contributed by atoms with van der Waals surface area (Å²) in [4.78, 5) is 25.3. The standard InChI is InChI=1S/C15H16BrNO6/c1-8-6-17(7-12(23-8)15(19)20)14(18)9-4-10(16)13-11(5-9)21-2-3-22-13/h4-5,8,12H,2-3,6-7H2,1H3,(H,19,20)/t8-,12?/m1/s1. The monoisotopic (exact) mass is 385 g/mol. The van der Waals surface area contributed by atoms with Crippen molar-refractivity contribution in [2.45, 2.75) is 19.1 Å². The summed E-state index contributed by atoms with van der Waals surface area (Å²) < 4.78 is 17.0. The predicted octanol–water partition coefficient (Wildman–Crippen LogP) is 1.53. The number of hydrogen-bond donors (Lipinski definition) is 1. The van der Waals surface area contributed by atoms with Crippen LogP contribution in [0.3, 0.4) is 0 Å². The molecule has 2 atom stereocenters. The molecule has 1 amide bonds. The number of amides is 1. The van der Waals surface area contributed by atoms with E-state index < -0.39 is 12.1 Å². The molecular formula is C15H16BrNO6. The van der Waals surface area contributed by atoms with Crippen molar-refractivity contribution >= 4 is 27.8 Å². The third kappa shape index (κ3) is 3.28. The van der Waals surface area contributed by atoms with E-state index in [2.05, 4.69) is 15.9 Å². The molecule has 0 radical (unpaired) electrons. The Morgan fingerprint density at radius 1 is 1.26 bits per heavy atom. The number of benzene rings is 1. The van der Waals surface area contributed by atoms with E-state index >= 15 is 0 Å². The fourth-order valence-corrected chi connectivity index (χ4v) is 3.23. The molecule has 0 aromatic heterocycles. The average Bonchev–Trinajstić information content (AvgIpc) is 2.53. The maximum atomic E-state index is 12.7. The van der Waals surface area contributed by atoms with Gasteiger partial charge in [0.15, 0.2) is 17.6 Å². The number of carboxylic acids is 1. The summed E-state index contributed by atoms with van der Waals surface area (Å²) in [7, 11) is 0. The van der Waals surface area contributed by atoms with Crippen LogP contribution in [0, 0.1) is 0 Å². The van der Waals surface area contributed by atoms with Crippen LogP contribution in [-0.2, 0) is 9.53 Å². The van der Waals surface area contributed by atoms with Crippen molar-refractivity contribution in [1.82, 2.24) is 4.90 Å². The molecule has 1 fully saturated rings. The van der Waals surface area contributed by atoms with Gasteiger partial charge in [0.2, 0.25) is 0 Å². The minimum absolute atomic E-state index is 0.0184. The van der Waals surface area contributed by atoms with Crippen molar-refractivity contribution in [2.24, 2.45) is 0 Å². The molecule has 23 heavy (non-hydrogen) atoms. The lowest BCUT2D eigenvalue weighted by Gasteiger charge is -2.35. The molecule has 0 spiro atoms. The van der Waals surface area contributed by atoms with Gasteiger partial charge in [-0.2, -0.15) is 0 Å². The number of carboxylic acid groups (broad SMARTS) is 1. The maximum Gasteiger partial charge on any atom is 0.334 e. The minimum Gasteiger partial charge on any atom is -0.486 e. The molecule has 1 aromatic carbocycles. The van der Waals surface area contributed by atoms with E-state index in [1.165, 1.54) is 4.90 Å². The summed E-state index contributed by atoms with van der Waals surface area (Å²) >= 11 is 3.38. The highest BCUT2D eigenvalue weighted by atomic mass is 79.9. The summed E-state index contributed by atoms with van der Waals surface area (Å²) in [6, 6.07) is 3.28. The number of morpholine rings is 1. The third-order valence-electron chi connectivity index (χ3n) is 3.67. The summed E-state index contributed by atoms with van der Waals surface area (Å²) in [6.07, 6.45) is -1.35. The van der Waals surface area contributed by atoms with Crippen molar-refractivity contribution in [3.05, 3.63) is 22.2 Å². The zero-order valence-electron chi connectivity index (χ0n) is 12.5. The minimum atomic E-state index is -1.07. The lowest BCUT2D eigenvalue weighted by molar-refractivity contribution is -0.160. The number of aliphatic carboxylic acids is 1. The molecule has 1 unspecified atom stereocenters. The summed E-state index contributed by atoms with van der Waals surface area (Å²) in [6.45, 7) is 2.99. The van der Waals surface area contributed by atoms with Gasteiger partial charge in [-0.25, -0.2) is 4.79 Å². The van der Waals surface area contributed by atoms with Crippen LogP contribution in [0.25, 0.3) is 0 Å². The highest BCUT2D eigenvalue weighted by molar-refractivity contribution is 9.10. The van der Waals surface area contributed by atoms with E-state index in [0.717, 1.165) is 0 Å². The van der Waals surface area contributed by atoms with E-state index in [4.69, 9.17) is 19.3 Å². The van der Waals surface area contributed by atoms with Gasteiger partial charge >= 0.3 is 5.97 Å². The normalized spacial score (nSPS) is 23.5. The molecule has 1 aromatic rings. The number of fused-ring (bicyclic) bond motifs is 1. The second kappa shape index (κ2) is 6.37. The Labute approximate surface area is 141 Å². The van der Waals surface area contributed by atoms with Gasteiger partial charge in [-0.15, -0.1) is 0 Å². The Kier molecular flexibility index (Phi) is 4.45. The van der Waals surface area contributed by atoms with Gasteiger partial charge < -0.3 is 24.2 Å². The number of ether oxygens (including phenoxy) is 3. The Bertz CT molecular complexity index is 649. The molecule has 8 heteroatoms. The van der Waals surface area contributed by atoms with E-state index in [1.54, 1.807) is 19.1 Å². The fourth-order valence-electron chi connectivity index (χ4n) is 2.67. The molecule has 3 rings (SSSR count). The van der Waals surface area contributed by atoms with Gasteiger partial charge in [0.1, 0.15) is 13.2 Å². The number of hydrogen-bond acceptors (Lipinski definition) is 5. The van der Waals surface area contributed by atoms with E-state index in [0.29, 0.717) is 41.3 Å². The molecule has 0 bridgehead atoms. The Morgan fingerprint density at radius 3 is 2.74 bits per heavy atom. The molecule has 2 aliphatic rings. The van der Waals surface area contributed by atoms with Gasteiger partial charge in [0.25, 0.3) is 5.91 Å². The van der Waals surface area contributed by atoms with Crippen LogP contribution >= 0.6 is 15.9 Å². The Hall–Kier alpha value is -1.80.